The van der Waals surface area contributed by atoms with E-state index in [1.165, 1.54) is 0 Å². The fraction of sp³-hybridized carbons (Fsp3) is 0.222. The molecule has 1 unspecified atom stereocenters. The molecule has 1 atom stereocenters. The second-order valence-electron chi connectivity index (χ2n) is 8.49. The van der Waals surface area contributed by atoms with Crippen molar-refractivity contribution in [2.45, 2.75) is 19.4 Å². The minimum Gasteiger partial charge on any atom is -0.455 e. The molecule has 0 aliphatic carbocycles. The van der Waals surface area contributed by atoms with Crippen LogP contribution in [0.4, 0.5) is 5.69 Å². The van der Waals surface area contributed by atoms with Crippen molar-refractivity contribution in [2.75, 3.05) is 18.4 Å². The SMILES string of the molecule is O=C(Nc1ccccc1Oc1ccccc1)C1CCCN(Cc2nc(-c3ccc(Cl)cc3)no2)C1. The van der Waals surface area contributed by atoms with E-state index in [-0.39, 0.29) is 11.8 Å². The van der Waals surface area contributed by atoms with E-state index in [2.05, 4.69) is 20.4 Å². The maximum Gasteiger partial charge on any atom is 0.241 e. The Kier molecular flexibility index (Phi) is 7.07. The molecule has 8 heteroatoms. The smallest absolute Gasteiger partial charge is 0.241 e. The van der Waals surface area contributed by atoms with Crippen molar-refractivity contribution in [3.05, 3.63) is 89.8 Å². The Morgan fingerprint density at radius 1 is 1.06 bits per heavy atom. The van der Waals surface area contributed by atoms with Crippen molar-refractivity contribution in [2.24, 2.45) is 5.92 Å². The Balaban J connectivity index is 1.21. The Labute approximate surface area is 208 Å². The number of ether oxygens (including phenoxy) is 1. The lowest BCUT2D eigenvalue weighted by atomic mass is 9.97. The Bertz CT molecular complexity index is 1280. The molecular formula is C27H25ClN4O3. The monoisotopic (exact) mass is 488 g/mol. The van der Waals surface area contributed by atoms with Crippen molar-refractivity contribution in [1.82, 2.24) is 15.0 Å². The molecule has 3 aromatic carbocycles. The highest BCUT2D eigenvalue weighted by molar-refractivity contribution is 6.30. The average molecular weight is 489 g/mol. The molecule has 1 saturated heterocycles. The van der Waals surface area contributed by atoms with Gasteiger partial charge in [-0.15, -0.1) is 0 Å². The van der Waals surface area contributed by atoms with E-state index in [1.807, 2.05) is 66.7 Å². The molecule has 0 bridgehead atoms. The van der Waals surface area contributed by atoms with Crippen LogP contribution in [-0.4, -0.2) is 34.0 Å². The summed E-state index contributed by atoms with van der Waals surface area (Å²) >= 11 is 5.96. The molecule has 1 aliphatic rings. The van der Waals surface area contributed by atoms with Crippen LogP contribution in [0.2, 0.25) is 5.02 Å². The largest absolute Gasteiger partial charge is 0.455 e. The molecule has 0 spiro atoms. The van der Waals surface area contributed by atoms with Gasteiger partial charge in [0, 0.05) is 17.1 Å². The maximum absolute atomic E-state index is 13.1. The van der Waals surface area contributed by atoms with Crippen LogP contribution in [0.25, 0.3) is 11.4 Å². The van der Waals surface area contributed by atoms with Gasteiger partial charge in [-0.2, -0.15) is 4.98 Å². The minimum atomic E-state index is -0.146. The van der Waals surface area contributed by atoms with Crippen LogP contribution >= 0.6 is 11.6 Å². The van der Waals surface area contributed by atoms with Gasteiger partial charge in [0.15, 0.2) is 5.75 Å². The fourth-order valence-electron chi connectivity index (χ4n) is 4.15. The summed E-state index contributed by atoms with van der Waals surface area (Å²) in [4.78, 5) is 19.8. The van der Waals surface area contributed by atoms with E-state index in [0.717, 1.165) is 30.7 Å². The Morgan fingerprint density at radius 3 is 2.66 bits per heavy atom. The summed E-state index contributed by atoms with van der Waals surface area (Å²) in [5.41, 5.74) is 1.50. The van der Waals surface area contributed by atoms with Gasteiger partial charge in [-0.05, 0) is 67.9 Å². The van der Waals surface area contributed by atoms with E-state index >= 15 is 0 Å². The summed E-state index contributed by atoms with van der Waals surface area (Å²) in [6.07, 6.45) is 1.74. The number of carbonyl (C=O) groups is 1. The number of hydrogen-bond acceptors (Lipinski definition) is 6. The molecule has 0 saturated carbocycles. The van der Waals surface area contributed by atoms with Crippen molar-refractivity contribution in [3.8, 4) is 22.9 Å². The highest BCUT2D eigenvalue weighted by Gasteiger charge is 2.27. The second kappa shape index (κ2) is 10.7. The topological polar surface area (TPSA) is 80.5 Å². The number of likely N-dealkylation sites (tertiary alicyclic amines) is 1. The third-order valence-electron chi connectivity index (χ3n) is 5.92. The van der Waals surface area contributed by atoms with Gasteiger partial charge >= 0.3 is 0 Å². The fourth-order valence-corrected chi connectivity index (χ4v) is 4.27. The first-order valence-electron chi connectivity index (χ1n) is 11.6. The molecule has 1 amide bonds. The number of benzene rings is 3. The molecule has 1 aliphatic heterocycles. The van der Waals surface area contributed by atoms with E-state index < -0.39 is 0 Å². The predicted molar refractivity (Wildman–Crippen MR) is 134 cm³/mol. The van der Waals surface area contributed by atoms with Gasteiger partial charge < -0.3 is 14.6 Å². The zero-order valence-corrected chi connectivity index (χ0v) is 19.8. The van der Waals surface area contributed by atoms with Gasteiger partial charge in [0.05, 0.1) is 18.2 Å². The highest BCUT2D eigenvalue weighted by Crippen LogP contribution is 2.30. The molecule has 1 fully saturated rings. The van der Waals surface area contributed by atoms with Gasteiger partial charge in [0.1, 0.15) is 5.75 Å². The summed E-state index contributed by atoms with van der Waals surface area (Å²) < 4.78 is 11.4. The lowest BCUT2D eigenvalue weighted by Crippen LogP contribution is -2.40. The van der Waals surface area contributed by atoms with Gasteiger partial charge in [0.2, 0.25) is 17.6 Å². The van der Waals surface area contributed by atoms with Crippen LogP contribution in [0.3, 0.4) is 0 Å². The molecule has 4 aromatic rings. The number of rotatable bonds is 7. The van der Waals surface area contributed by atoms with Crippen molar-refractivity contribution in [3.63, 3.8) is 0 Å². The zero-order chi connectivity index (χ0) is 24.0. The number of hydrogen-bond donors (Lipinski definition) is 1. The molecule has 1 N–H and O–H groups in total. The molecule has 1 aromatic heterocycles. The molecular weight excluding hydrogens is 464 g/mol. The normalized spacial score (nSPS) is 16.1. The summed E-state index contributed by atoms with van der Waals surface area (Å²) in [7, 11) is 0. The quantitative estimate of drug-likeness (QED) is 0.342. The Morgan fingerprint density at radius 2 is 1.83 bits per heavy atom. The summed E-state index contributed by atoms with van der Waals surface area (Å²) in [5, 5.41) is 7.81. The Hall–Kier alpha value is -3.68. The van der Waals surface area contributed by atoms with Crippen molar-refractivity contribution < 1.29 is 14.1 Å². The third kappa shape index (κ3) is 5.88. The van der Waals surface area contributed by atoms with E-state index in [0.29, 0.717) is 41.3 Å². The summed E-state index contributed by atoms with van der Waals surface area (Å²) in [6.45, 7) is 1.99. The molecule has 35 heavy (non-hydrogen) atoms. The average Bonchev–Trinajstić information content (AvgIpc) is 3.35. The number of piperidine rings is 1. The van der Waals surface area contributed by atoms with Gasteiger partial charge in [0.25, 0.3) is 0 Å². The van der Waals surface area contributed by atoms with Gasteiger partial charge in [-0.25, -0.2) is 0 Å². The van der Waals surface area contributed by atoms with Crippen LogP contribution in [0.1, 0.15) is 18.7 Å². The van der Waals surface area contributed by atoms with Crippen LogP contribution in [0, 0.1) is 5.92 Å². The third-order valence-corrected chi connectivity index (χ3v) is 6.17. The molecule has 7 nitrogen and oxygen atoms in total. The van der Waals surface area contributed by atoms with Crippen LogP contribution in [0.5, 0.6) is 11.5 Å². The number of aromatic nitrogens is 2. The van der Waals surface area contributed by atoms with E-state index in [9.17, 15) is 4.79 Å². The van der Waals surface area contributed by atoms with Gasteiger partial charge in [-0.3, -0.25) is 9.69 Å². The maximum atomic E-state index is 13.1. The van der Waals surface area contributed by atoms with Gasteiger partial charge in [-0.1, -0.05) is 47.1 Å². The van der Waals surface area contributed by atoms with Crippen LogP contribution in [-0.2, 0) is 11.3 Å². The number of nitrogens with one attached hydrogen (secondary N) is 1. The number of para-hydroxylation sites is 3. The first-order chi connectivity index (χ1) is 17.1. The summed E-state index contributed by atoms with van der Waals surface area (Å²) in [5.74, 6) is 2.21. The number of amides is 1. The molecule has 178 valence electrons. The number of carbonyl (C=O) groups excluding carboxylic acids is 1. The highest BCUT2D eigenvalue weighted by atomic mass is 35.5. The molecule has 2 heterocycles. The number of nitrogens with zero attached hydrogens (tertiary/aromatic N) is 3. The second-order valence-corrected chi connectivity index (χ2v) is 8.93. The first kappa shape index (κ1) is 23.1. The van der Waals surface area contributed by atoms with Crippen molar-refractivity contribution >= 4 is 23.2 Å². The number of halogens is 1. The molecule has 0 radical (unpaired) electrons. The standard InChI is InChI=1S/C27H25ClN4O3/c28-21-14-12-19(13-15-21)26-30-25(35-31-26)18-32-16-6-7-20(17-32)27(33)29-23-10-4-5-11-24(23)34-22-8-2-1-3-9-22/h1-5,8-15,20H,6-7,16-18H2,(H,29,33). The van der Waals surface area contributed by atoms with Crippen LogP contribution in [0.15, 0.2) is 83.4 Å². The first-order valence-corrected chi connectivity index (χ1v) is 12.0. The lowest BCUT2D eigenvalue weighted by molar-refractivity contribution is -0.121. The molecule has 5 rings (SSSR count). The number of anilines is 1. The van der Waals surface area contributed by atoms with Crippen molar-refractivity contribution in [1.29, 1.82) is 0 Å². The van der Waals surface area contributed by atoms with E-state index in [4.69, 9.17) is 20.9 Å². The minimum absolute atomic E-state index is 0.0220. The lowest BCUT2D eigenvalue weighted by Gasteiger charge is -2.31. The van der Waals surface area contributed by atoms with Crippen LogP contribution < -0.4 is 10.1 Å². The summed E-state index contributed by atoms with van der Waals surface area (Å²) in [6, 6.07) is 24.3. The zero-order valence-electron chi connectivity index (χ0n) is 19.1. The van der Waals surface area contributed by atoms with E-state index in [1.54, 1.807) is 12.1 Å². The predicted octanol–water partition coefficient (Wildman–Crippen LogP) is 6.03.